The molecule has 1 aromatic carbocycles. The molecule has 0 bridgehead atoms. The first-order valence-corrected chi connectivity index (χ1v) is 9.93. The van der Waals surface area contributed by atoms with Crippen LogP contribution < -0.4 is 26.3 Å². The molecular weight excluding hydrogens is 687 g/mol. The predicted octanol–water partition coefficient (Wildman–Crippen LogP) is 4.23. The van der Waals surface area contributed by atoms with Crippen LogP contribution in [0.1, 0.15) is 5.56 Å². The second kappa shape index (κ2) is 11.2. The van der Waals surface area contributed by atoms with Gasteiger partial charge in [-0.05, 0) is 17.7 Å². The van der Waals surface area contributed by atoms with Gasteiger partial charge in [0, 0.05) is 0 Å². The van der Waals surface area contributed by atoms with Gasteiger partial charge in [-0.1, -0.05) is 12.1 Å². The number of hydrogen-bond acceptors (Lipinski definition) is 1. The van der Waals surface area contributed by atoms with Crippen LogP contribution in [0.4, 0.5) is 74.6 Å². The van der Waals surface area contributed by atoms with E-state index >= 15 is 0 Å². The van der Waals surface area contributed by atoms with E-state index in [1.165, 1.54) is 27.9 Å². The molecule has 0 aliphatic carbocycles. The molecule has 0 amide bonds. The van der Waals surface area contributed by atoms with Gasteiger partial charge in [0.25, 0.3) is 0 Å². The number of nitrogens with zero attached hydrogens (tertiary/aromatic N) is 2. The molecule has 0 aliphatic heterocycles. The first kappa shape index (κ1) is 36.3. The molecule has 21 heteroatoms. The lowest BCUT2D eigenvalue weighted by atomic mass is 9.79. The van der Waals surface area contributed by atoms with Gasteiger partial charge in [0.15, 0.2) is 0 Å². The highest BCUT2D eigenvalue weighted by Crippen LogP contribution is 2.63. The average Bonchev–Trinajstić information content (AvgIpc) is 3.14. The summed E-state index contributed by atoms with van der Waals surface area (Å²) in [6.45, 7) is -0.0974. The number of hydrogen-bond donors (Lipinski definition) is 0. The molecule has 0 atom stereocenters. The molecule has 0 saturated heterocycles. The Balaban J connectivity index is 0.00000840. The summed E-state index contributed by atoms with van der Waals surface area (Å²) in [5.74, 6) is -6.14. The highest BCUT2D eigenvalue weighted by molar-refractivity contribution is 5.42. The fourth-order valence-corrected chi connectivity index (χ4v) is 3.28. The summed E-state index contributed by atoms with van der Waals surface area (Å²) in [6.07, 6.45) is -35.0. The van der Waals surface area contributed by atoms with Crippen molar-refractivity contribution >= 4 is 0 Å². The Morgan fingerprint density at radius 3 is 1.37 bits per heavy atom. The van der Waals surface area contributed by atoms with Gasteiger partial charge in [-0.25, -0.2) is 17.9 Å². The largest absolute Gasteiger partial charge is 1.00 e. The molecule has 1 aromatic heterocycles. The number of alkyl halides is 17. The van der Waals surface area contributed by atoms with Crippen LogP contribution in [0.5, 0.6) is 5.75 Å². The number of benzene rings is 1. The van der Waals surface area contributed by atoms with E-state index in [2.05, 4.69) is 4.74 Å². The van der Waals surface area contributed by atoms with Crippen molar-refractivity contribution in [2.75, 3.05) is 0 Å². The molecule has 0 N–H and O–H groups in total. The molecule has 0 aliphatic rings. The van der Waals surface area contributed by atoms with Crippen molar-refractivity contribution in [3.8, 4) is 5.75 Å². The Morgan fingerprint density at radius 2 is 1.07 bits per heavy atom. The summed E-state index contributed by atoms with van der Waals surface area (Å²) in [6, 6.07) is 2.08. The van der Waals surface area contributed by atoms with Crippen LogP contribution in [-0.2, 0) is 13.6 Å². The van der Waals surface area contributed by atoms with E-state index in [1.807, 2.05) is 0 Å². The summed E-state index contributed by atoms with van der Waals surface area (Å²) >= 11 is 0. The summed E-state index contributed by atoms with van der Waals surface area (Å²) in [4.78, 5) is 0. The van der Waals surface area contributed by atoms with E-state index in [1.54, 1.807) is 7.05 Å². The van der Waals surface area contributed by atoms with Crippen LogP contribution in [0.2, 0.25) is 0 Å². The van der Waals surface area contributed by atoms with Crippen molar-refractivity contribution in [1.29, 1.82) is 0 Å². The highest BCUT2D eigenvalue weighted by Gasteiger charge is 2.88. The third-order valence-electron chi connectivity index (χ3n) is 5.07. The van der Waals surface area contributed by atoms with Crippen molar-refractivity contribution < 1.29 is 101 Å². The van der Waals surface area contributed by atoms with Crippen LogP contribution in [0, 0.1) is 0 Å². The van der Waals surface area contributed by atoms with Gasteiger partial charge in [0.1, 0.15) is 24.7 Å². The van der Waals surface area contributed by atoms with Crippen molar-refractivity contribution in [2.24, 2.45) is 7.05 Å². The second-order valence-corrected chi connectivity index (χ2v) is 8.01. The van der Waals surface area contributed by atoms with Crippen molar-refractivity contribution in [3.63, 3.8) is 0 Å². The normalized spacial score (nSPS) is 14.0. The zero-order chi connectivity index (χ0) is 31.3. The maximum absolute atomic E-state index is 14.7. The lowest BCUT2D eigenvalue weighted by Crippen LogP contribution is -3.00. The number of imidazole rings is 1. The van der Waals surface area contributed by atoms with E-state index in [-0.39, 0.29) is 41.2 Å². The predicted molar refractivity (Wildman–Crippen MR) is 96.8 cm³/mol. The standard InChI is InChI=1S/C20H12F17N2O.BrH/c1-38-6-7-39(9-38)8-10-2-4-11(5-3-10)40-13(16(23,24)25)12(14(21,17(26,27)28)18(29,30)31)15(22,19(32,33)34)20(35,36)37;/h2-7,9H,8H2,1H3;1H/q+1;/p-1. The van der Waals surface area contributed by atoms with Gasteiger partial charge in [-0.15, -0.1) is 0 Å². The zero-order valence-electron chi connectivity index (χ0n) is 19.4. The van der Waals surface area contributed by atoms with Gasteiger partial charge >= 0.3 is 42.2 Å². The Labute approximate surface area is 227 Å². The molecule has 0 saturated carbocycles. The fourth-order valence-electron chi connectivity index (χ4n) is 3.28. The third-order valence-corrected chi connectivity index (χ3v) is 5.07. The van der Waals surface area contributed by atoms with Gasteiger partial charge in [-0.2, -0.15) is 65.9 Å². The average molecular weight is 699 g/mol. The van der Waals surface area contributed by atoms with E-state index in [0.29, 0.717) is 0 Å². The molecular formula is C20H12BrF17N2O. The van der Waals surface area contributed by atoms with Crippen LogP contribution in [0.15, 0.2) is 54.3 Å². The number of ether oxygens (including phenoxy) is 1. The fraction of sp³-hybridized carbons (Fsp3) is 0.450. The van der Waals surface area contributed by atoms with Crippen molar-refractivity contribution in [3.05, 3.63) is 59.9 Å². The summed E-state index contributed by atoms with van der Waals surface area (Å²) in [5.41, 5.74) is -21.8. The van der Waals surface area contributed by atoms with Crippen molar-refractivity contribution in [2.45, 2.75) is 48.8 Å². The maximum atomic E-state index is 14.7. The molecule has 0 spiro atoms. The van der Waals surface area contributed by atoms with Crippen LogP contribution in [-0.4, -0.2) is 46.8 Å². The summed E-state index contributed by atoms with van der Waals surface area (Å²) in [7, 11) is 1.57. The Hall–Kier alpha value is -2.74. The molecule has 3 nitrogen and oxygen atoms in total. The summed E-state index contributed by atoms with van der Waals surface area (Å²) < 4.78 is 236. The van der Waals surface area contributed by atoms with Crippen LogP contribution in [0.3, 0.4) is 0 Å². The Bertz CT molecular complexity index is 1150. The second-order valence-electron chi connectivity index (χ2n) is 8.01. The van der Waals surface area contributed by atoms with Gasteiger partial charge in [0.2, 0.25) is 12.1 Å². The highest BCUT2D eigenvalue weighted by atomic mass is 79.9. The molecule has 0 fully saturated rings. The first-order valence-electron chi connectivity index (χ1n) is 9.93. The van der Waals surface area contributed by atoms with Crippen LogP contribution in [0.25, 0.3) is 0 Å². The van der Waals surface area contributed by atoms with Crippen molar-refractivity contribution in [1.82, 2.24) is 4.57 Å². The van der Waals surface area contributed by atoms with Crippen LogP contribution >= 0.6 is 0 Å². The van der Waals surface area contributed by atoms with E-state index in [9.17, 15) is 74.6 Å². The topological polar surface area (TPSA) is 18.0 Å². The molecule has 234 valence electrons. The lowest BCUT2D eigenvalue weighted by Gasteiger charge is -2.41. The molecule has 41 heavy (non-hydrogen) atoms. The monoisotopic (exact) mass is 698 g/mol. The van der Waals surface area contributed by atoms with Gasteiger partial charge in [-0.3, -0.25) is 0 Å². The number of rotatable bonds is 6. The quantitative estimate of drug-likeness (QED) is 0.251. The Morgan fingerprint density at radius 1 is 0.683 bits per heavy atom. The third kappa shape index (κ3) is 6.85. The molecule has 0 unspecified atom stereocenters. The minimum atomic E-state index is -8.21. The Kier molecular flexibility index (Phi) is 9.88. The first-order chi connectivity index (χ1) is 17.7. The number of aryl methyl sites for hydroxylation is 1. The minimum absolute atomic E-state index is 0. The number of aromatic nitrogens is 2. The maximum Gasteiger partial charge on any atom is 0.449 e. The summed E-state index contributed by atoms with van der Waals surface area (Å²) in [5, 5.41) is 0. The van der Waals surface area contributed by atoms with Gasteiger partial charge < -0.3 is 21.7 Å². The van der Waals surface area contributed by atoms with E-state index in [4.69, 9.17) is 0 Å². The van der Waals surface area contributed by atoms with E-state index < -0.39 is 59.3 Å². The minimum Gasteiger partial charge on any atom is -1.00 e. The number of allylic oxidation sites excluding steroid dienone is 2. The SMILES string of the molecule is C[n+]1ccn(Cc2ccc(OC(=C(C(F)(C(F)(F)F)C(F)(F)F)C(F)(C(F)(F)F)C(F)(F)F)C(F)(F)F)cc2)c1.[Br-]. The lowest BCUT2D eigenvalue weighted by molar-refractivity contribution is -0.671. The molecule has 0 radical (unpaired) electrons. The number of halogens is 18. The smallest absolute Gasteiger partial charge is 0.449 e. The molecule has 2 aromatic rings. The van der Waals surface area contributed by atoms with Gasteiger partial charge in [0.05, 0.1) is 12.6 Å². The zero-order valence-corrected chi connectivity index (χ0v) is 20.9. The molecule has 2 rings (SSSR count). The molecule has 1 heterocycles. The van der Waals surface area contributed by atoms with E-state index in [0.717, 1.165) is 12.1 Å².